The molecule has 0 amide bonds. The number of thiazole rings is 1. The number of rotatable bonds is 4. The molecule has 4 heteroatoms. The molecule has 0 N–H and O–H groups in total. The Kier molecular flexibility index (Phi) is 5.00. The zero-order chi connectivity index (χ0) is 16.4. The van der Waals surface area contributed by atoms with Gasteiger partial charge in [0.25, 0.3) is 0 Å². The number of aromatic nitrogens is 1. The van der Waals surface area contributed by atoms with Crippen molar-refractivity contribution >= 4 is 27.5 Å². The molecule has 0 radical (unpaired) electrons. The molecule has 0 aliphatic heterocycles. The number of ether oxygens (including phenoxy) is 1. The number of carbonyl (C=O) groups is 1. The maximum Gasteiger partial charge on any atom is 0.373 e. The molecule has 0 spiro atoms. The van der Waals surface area contributed by atoms with E-state index in [1.165, 1.54) is 17.5 Å². The van der Waals surface area contributed by atoms with E-state index in [-0.39, 0.29) is 12.1 Å². The Balaban J connectivity index is 1.68. The minimum atomic E-state index is -0.108. The SMILES string of the molecule is CC(C)[C@@H]1CC[C@H](C)C[C@H]1OC(=O)C[n+]1csc2ccccc21. The first-order chi connectivity index (χ1) is 11.0. The van der Waals surface area contributed by atoms with Crippen LogP contribution in [0.25, 0.3) is 10.2 Å². The summed E-state index contributed by atoms with van der Waals surface area (Å²) in [6.07, 6.45) is 3.51. The van der Waals surface area contributed by atoms with E-state index in [9.17, 15) is 4.79 Å². The van der Waals surface area contributed by atoms with E-state index in [0.29, 0.717) is 24.3 Å². The third-order valence-electron chi connectivity index (χ3n) is 5.03. The summed E-state index contributed by atoms with van der Waals surface area (Å²) < 4.78 is 9.10. The minimum Gasteiger partial charge on any atom is -0.457 e. The van der Waals surface area contributed by atoms with Crippen molar-refractivity contribution in [3.05, 3.63) is 29.8 Å². The molecule has 1 aliphatic carbocycles. The Morgan fingerprint density at radius 3 is 2.91 bits per heavy atom. The summed E-state index contributed by atoms with van der Waals surface area (Å²) in [4.78, 5) is 12.5. The van der Waals surface area contributed by atoms with Crippen molar-refractivity contribution in [3.8, 4) is 0 Å². The van der Waals surface area contributed by atoms with Gasteiger partial charge in [-0.3, -0.25) is 0 Å². The van der Waals surface area contributed by atoms with Crippen LogP contribution in [-0.4, -0.2) is 12.1 Å². The number of para-hydroxylation sites is 1. The zero-order valence-electron chi connectivity index (χ0n) is 14.2. The first-order valence-corrected chi connectivity index (χ1v) is 9.47. The average Bonchev–Trinajstić information content (AvgIpc) is 2.90. The van der Waals surface area contributed by atoms with E-state index in [1.54, 1.807) is 11.3 Å². The second kappa shape index (κ2) is 7.00. The smallest absolute Gasteiger partial charge is 0.373 e. The summed E-state index contributed by atoms with van der Waals surface area (Å²) in [5.41, 5.74) is 3.11. The highest BCUT2D eigenvalue weighted by atomic mass is 32.1. The second-order valence-corrected chi connectivity index (χ2v) is 8.06. The van der Waals surface area contributed by atoms with Crippen molar-refractivity contribution in [2.75, 3.05) is 0 Å². The lowest BCUT2D eigenvalue weighted by atomic mass is 9.75. The molecule has 23 heavy (non-hydrogen) atoms. The summed E-state index contributed by atoms with van der Waals surface area (Å²) in [6.45, 7) is 7.05. The molecule has 3 atom stereocenters. The lowest BCUT2D eigenvalue weighted by Gasteiger charge is -2.36. The van der Waals surface area contributed by atoms with Crippen LogP contribution in [-0.2, 0) is 16.1 Å². The van der Waals surface area contributed by atoms with Crippen molar-refractivity contribution in [2.45, 2.75) is 52.7 Å². The maximum atomic E-state index is 12.5. The normalized spacial score (nSPS) is 25.0. The Morgan fingerprint density at radius 2 is 2.13 bits per heavy atom. The van der Waals surface area contributed by atoms with Crippen LogP contribution >= 0.6 is 11.3 Å². The van der Waals surface area contributed by atoms with Crippen LogP contribution in [0.2, 0.25) is 0 Å². The molecule has 0 saturated heterocycles. The fraction of sp³-hybridized carbons (Fsp3) is 0.579. The van der Waals surface area contributed by atoms with Gasteiger partial charge in [-0.2, -0.15) is 4.57 Å². The fourth-order valence-electron chi connectivity index (χ4n) is 3.69. The highest BCUT2D eigenvalue weighted by molar-refractivity contribution is 7.16. The van der Waals surface area contributed by atoms with Crippen molar-refractivity contribution in [2.24, 2.45) is 17.8 Å². The predicted octanol–water partition coefficient (Wildman–Crippen LogP) is 4.19. The standard InChI is InChI=1S/C19H26NO2S/c1-13(2)15-9-8-14(3)10-17(15)22-19(21)11-20-12-23-18-7-5-4-6-16(18)20/h4-7,12-15,17H,8-11H2,1-3H3/q+1/t14-,15-,17+/m0/s1. The van der Waals surface area contributed by atoms with E-state index in [0.717, 1.165) is 11.9 Å². The topological polar surface area (TPSA) is 30.2 Å². The van der Waals surface area contributed by atoms with Crippen LogP contribution in [0.15, 0.2) is 29.8 Å². The Morgan fingerprint density at radius 1 is 1.35 bits per heavy atom. The number of fused-ring (bicyclic) bond motifs is 1. The molecule has 1 aliphatic rings. The minimum absolute atomic E-state index is 0.0803. The van der Waals surface area contributed by atoms with Crippen LogP contribution in [0.4, 0.5) is 0 Å². The summed E-state index contributed by atoms with van der Waals surface area (Å²) >= 11 is 1.66. The van der Waals surface area contributed by atoms with Gasteiger partial charge in [-0.1, -0.05) is 50.7 Å². The molecular weight excluding hydrogens is 306 g/mol. The zero-order valence-corrected chi connectivity index (χ0v) is 15.0. The monoisotopic (exact) mass is 332 g/mol. The van der Waals surface area contributed by atoms with Gasteiger partial charge < -0.3 is 4.74 Å². The van der Waals surface area contributed by atoms with Gasteiger partial charge in [0, 0.05) is 6.07 Å². The Bertz CT molecular complexity index is 679. The Labute approximate surface area is 142 Å². The summed E-state index contributed by atoms with van der Waals surface area (Å²) in [5, 5.41) is 0. The van der Waals surface area contributed by atoms with Gasteiger partial charge in [0.15, 0.2) is 0 Å². The van der Waals surface area contributed by atoms with Crippen LogP contribution in [0.3, 0.4) is 0 Å². The van der Waals surface area contributed by atoms with Gasteiger partial charge >= 0.3 is 5.97 Å². The molecule has 1 heterocycles. The number of benzene rings is 1. The Hall–Kier alpha value is -1.42. The maximum absolute atomic E-state index is 12.5. The fourth-order valence-corrected chi connectivity index (χ4v) is 4.58. The van der Waals surface area contributed by atoms with Crippen LogP contribution in [0.5, 0.6) is 0 Å². The van der Waals surface area contributed by atoms with E-state index >= 15 is 0 Å². The first kappa shape index (κ1) is 16.4. The van der Waals surface area contributed by atoms with E-state index in [4.69, 9.17) is 4.74 Å². The molecule has 3 nitrogen and oxygen atoms in total. The molecule has 2 aromatic rings. The lowest BCUT2D eigenvalue weighted by molar-refractivity contribution is -0.656. The highest BCUT2D eigenvalue weighted by Crippen LogP contribution is 2.35. The molecule has 1 fully saturated rings. The third-order valence-corrected chi connectivity index (χ3v) is 5.98. The summed E-state index contributed by atoms with van der Waals surface area (Å²) in [7, 11) is 0. The number of nitrogens with zero attached hydrogens (tertiary/aromatic N) is 1. The number of hydrogen-bond acceptors (Lipinski definition) is 3. The van der Waals surface area contributed by atoms with Gasteiger partial charge in [-0.15, -0.1) is 0 Å². The van der Waals surface area contributed by atoms with Crippen LogP contribution in [0.1, 0.15) is 40.0 Å². The van der Waals surface area contributed by atoms with E-state index in [2.05, 4.69) is 32.9 Å². The van der Waals surface area contributed by atoms with Crippen molar-refractivity contribution in [1.82, 2.24) is 0 Å². The van der Waals surface area contributed by atoms with Crippen LogP contribution in [0, 0.1) is 17.8 Å². The molecule has 1 aromatic carbocycles. The molecule has 0 unspecified atom stereocenters. The first-order valence-electron chi connectivity index (χ1n) is 8.59. The van der Waals surface area contributed by atoms with Crippen molar-refractivity contribution < 1.29 is 14.1 Å². The number of esters is 1. The van der Waals surface area contributed by atoms with Crippen LogP contribution < -0.4 is 4.57 Å². The van der Waals surface area contributed by atoms with Crippen molar-refractivity contribution in [3.63, 3.8) is 0 Å². The largest absolute Gasteiger partial charge is 0.457 e. The second-order valence-electron chi connectivity index (χ2n) is 7.17. The number of carbonyl (C=O) groups excluding carboxylic acids is 1. The van der Waals surface area contributed by atoms with E-state index < -0.39 is 0 Å². The molecule has 1 aromatic heterocycles. The van der Waals surface area contributed by atoms with Gasteiger partial charge in [-0.05, 0) is 36.7 Å². The molecule has 1 saturated carbocycles. The third kappa shape index (κ3) is 3.74. The predicted molar refractivity (Wildman–Crippen MR) is 93.2 cm³/mol. The molecule has 3 rings (SSSR count). The van der Waals surface area contributed by atoms with Gasteiger partial charge in [0.05, 0.1) is 0 Å². The van der Waals surface area contributed by atoms with Crippen molar-refractivity contribution in [1.29, 1.82) is 0 Å². The lowest BCUT2D eigenvalue weighted by Crippen LogP contribution is -2.41. The average molecular weight is 332 g/mol. The number of hydrogen-bond donors (Lipinski definition) is 0. The van der Waals surface area contributed by atoms with Gasteiger partial charge in [0.2, 0.25) is 17.6 Å². The quantitative estimate of drug-likeness (QED) is 0.621. The van der Waals surface area contributed by atoms with Gasteiger partial charge in [0.1, 0.15) is 10.8 Å². The van der Waals surface area contributed by atoms with Gasteiger partial charge in [-0.25, -0.2) is 4.79 Å². The summed E-state index contributed by atoms with van der Waals surface area (Å²) in [6, 6.07) is 8.17. The van der Waals surface area contributed by atoms with E-state index in [1.807, 2.05) is 22.2 Å². The molecular formula is C19H26NO2S+. The summed E-state index contributed by atoms with van der Waals surface area (Å²) in [5.74, 6) is 1.61. The molecule has 0 bridgehead atoms. The molecule has 124 valence electrons. The highest BCUT2D eigenvalue weighted by Gasteiger charge is 2.34.